The van der Waals surface area contributed by atoms with Gasteiger partial charge in [-0.05, 0) is 30.3 Å². The summed E-state index contributed by atoms with van der Waals surface area (Å²) in [4.78, 5) is 19.7. The highest BCUT2D eigenvalue weighted by atomic mass is 32.2. The summed E-state index contributed by atoms with van der Waals surface area (Å²) in [5.41, 5.74) is 1.98. The van der Waals surface area contributed by atoms with Crippen LogP contribution in [-0.2, 0) is 24.7 Å². The number of amidine groups is 1. The fraction of sp³-hybridized carbons (Fsp3) is 0.364. The first-order valence-corrected chi connectivity index (χ1v) is 14.0. The van der Waals surface area contributed by atoms with Crippen LogP contribution in [0.3, 0.4) is 0 Å². The summed E-state index contributed by atoms with van der Waals surface area (Å²) in [5.74, 6) is -0.172. The maximum Gasteiger partial charge on any atom is 0.267 e. The fourth-order valence-corrected chi connectivity index (χ4v) is 5.89. The lowest BCUT2D eigenvalue weighted by Gasteiger charge is -2.30. The van der Waals surface area contributed by atoms with Gasteiger partial charge >= 0.3 is 0 Å². The van der Waals surface area contributed by atoms with Gasteiger partial charge in [-0.25, -0.2) is 8.42 Å². The quantitative estimate of drug-likeness (QED) is 0.400. The average molecular weight is 524 g/mol. The number of fused-ring (bicyclic) bond motifs is 2. The minimum Gasteiger partial charge on any atom is -0.395 e. The molecule has 35 heavy (non-hydrogen) atoms. The zero-order chi connectivity index (χ0) is 25.2. The summed E-state index contributed by atoms with van der Waals surface area (Å²) in [6.07, 6.45) is 0. The number of nitrogens with one attached hydrogen (secondary N) is 1. The van der Waals surface area contributed by atoms with Crippen LogP contribution in [0.15, 0.2) is 51.2 Å². The van der Waals surface area contributed by atoms with E-state index in [4.69, 9.17) is 14.4 Å². The van der Waals surface area contributed by atoms with Crippen molar-refractivity contribution in [3.63, 3.8) is 0 Å². The van der Waals surface area contributed by atoms with Gasteiger partial charge in [0.15, 0.2) is 5.78 Å². The topological polar surface area (TPSA) is 163 Å². The largest absolute Gasteiger partial charge is 0.395 e. The molecule has 0 saturated carbocycles. The zero-order valence-electron chi connectivity index (χ0n) is 18.7. The fourth-order valence-electron chi connectivity index (χ4n) is 4.00. The second-order valence-corrected chi connectivity index (χ2v) is 11.4. The van der Waals surface area contributed by atoms with E-state index in [0.717, 1.165) is 25.3 Å². The molecule has 2 aromatic rings. The van der Waals surface area contributed by atoms with Gasteiger partial charge in [0.25, 0.3) is 10.1 Å². The lowest BCUT2D eigenvalue weighted by molar-refractivity contribution is 0.103. The van der Waals surface area contributed by atoms with Crippen molar-refractivity contribution < 1.29 is 36.0 Å². The minimum absolute atomic E-state index is 0.0537. The van der Waals surface area contributed by atoms with Crippen LogP contribution in [0.1, 0.15) is 21.5 Å². The number of ketones is 1. The van der Waals surface area contributed by atoms with Crippen LogP contribution >= 0.6 is 0 Å². The molecule has 11 nitrogen and oxygen atoms in total. The van der Waals surface area contributed by atoms with Gasteiger partial charge in [-0.2, -0.15) is 8.42 Å². The standard InChI is InChI=1S/C20H19N3O4S.C2H6O4S/c24-19-15-3-1-13(20-21-5-6-22-20)11-18(15)28(25,26)17-4-2-14(12-16(17)19)23-7-9-27-10-8-23;3-1-2-7(4,5)6/h1-4,11-12H,5-10H2,(H,21,22);3H,1-2H2,(H,4,5,6). The van der Waals surface area contributed by atoms with E-state index in [-0.39, 0.29) is 26.7 Å². The first kappa shape index (κ1) is 25.3. The van der Waals surface area contributed by atoms with Crippen molar-refractivity contribution in [2.75, 3.05) is 56.7 Å². The number of benzene rings is 2. The lowest BCUT2D eigenvalue weighted by Crippen LogP contribution is -2.36. The lowest BCUT2D eigenvalue weighted by atomic mass is 10.00. The maximum atomic E-state index is 13.2. The molecule has 0 bridgehead atoms. The van der Waals surface area contributed by atoms with E-state index in [0.29, 0.717) is 31.2 Å². The number of hydrogen-bond acceptors (Lipinski definition) is 10. The molecule has 5 rings (SSSR count). The van der Waals surface area contributed by atoms with E-state index in [1.54, 1.807) is 36.4 Å². The van der Waals surface area contributed by atoms with Gasteiger partial charge in [0.1, 0.15) is 5.84 Å². The van der Waals surface area contributed by atoms with Gasteiger partial charge in [0.05, 0.1) is 41.9 Å². The molecule has 0 amide bonds. The Labute approximate surface area is 203 Å². The predicted octanol–water partition coefficient (Wildman–Crippen LogP) is 0.117. The first-order chi connectivity index (χ1) is 16.6. The van der Waals surface area contributed by atoms with Gasteiger partial charge in [-0.15, -0.1) is 0 Å². The van der Waals surface area contributed by atoms with E-state index in [9.17, 15) is 21.6 Å². The number of nitrogens with zero attached hydrogens (tertiary/aromatic N) is 2. The Morgan fingerprint density at radius 2 is 1.80 bits per heavy atom. The number of rotatable bonds is 4. The summed E-state index contributed by atoms with van der Waals surface area (Å²) >= 11 is 0. The predicted molar refractivity (Wildman–Crippen MR) is 128 cm³/mol. The van der Waals surface area contributed by atoms with Crippen LogP contribution in [0.4, 0.5) is 5.69 Å². The smallest absolute Gasteiger partial charge is 0.267 e. The van der Waals surface area contributed by atoms with Gasteiger partial charge in [-0.3, -0.25) is 14.3 Å². The number of carbonyl (C=O) groups excluding carboxylic acids is 1. The molecule has 3 aliphatic rings. The number of carbonyl (C=O) groups is 1. The molecular weight excluding hydrogens is 498 g/mol. The van der Waals surface area contributed by atoms with Gasteiger partial charge < -0.3 is 20.1 Å². The molecule has 0 unspecified atom stereocenters. The third-order valence-electron chi connectivity index (χ3n) is 5.69. The van der Waals surface area contributed by atoms with Crippen molar-refractivity contribution in [1.29, 1.82) is 0 Å². The molecule has 1 fully saturated rings. The van der Waals surface area contributed by atoms with Crippen LogP contribution < -0.4 is 10.2 Å². The molecule has 2 aromatic carbocycles. The van der Waals surface area contributed by atoms with Gasteiger partial charge in [-0.1, -0.05) is 6.07 Å². The maximum absolute atomic E-state index is 13.2. The Kier molecular flexibility index (Phi) is 7.24. The number of aliphatic hydroxyl groups excluding tert-OH is 1. The number of ether oxygens (including phenoxy) is 1. The van der Waals surface area contributed by atoms with Crippen LogP contribution in [0.25, 0.3) is 0 Å². The summed E-state index contributed by atoms with van der Waals surface area (Å²) in [6, 6.07) is 9.91. The Hall–Kier alpha value is -2.84. The molecule has 3 N–H and O–H groups in total. The van der Waals surface area contributed by atoms with Crippen LogP contribution in [-0.4, -0.2) is 89.9 Å². The molecular formula is C22H25N3O8S2. The van der Waals surface area contributed by atoms with Crippen LogP contribution in [0.2, 0.25) is 0 Å². The van der Waals surface area contributed by atoms with Crippen molar-refractivity contribution in [1.82, 2.24) is 5.32 Å². The van der Waals surface area contributed by atoms with E-state index in [2.05, 4.69) is 15.2 Å². The van der Waals surface area contributed by atoms with E-state index < -0.39 is 32.3 Å². The highest BCUT2D eigenvalue weighted by Crippen LogP contribution is 2.37. The summed E-state index contributed by atoms with van der Waals surface area (Å²) in [6.45, 7) is 3.53. The number of hydrogen-bond donors (Lipinski definition) is 3. The van der Waals surface area contributed by atoms with Gasteiger partial charge in [0, 0.05) is 42.0 Å². The summed E-state index contributed by atoms with van der Waals surface area (Å²) in [5, 5.41) is 11.0. The molecule has 13 heteroatoms. The third-order valence-corrected chi connectivity index (χ3v) is 8.24. The van der Waals surface area contributed by atoms with Crippen molar-refractivity contribution in [2.45, 2.75) is 9.79 Å². The molecule has 3 aliphatic heterocycles. The number of sulfone groups is 1. The SMILES string of the molecule is O=C1c2cc(N3CCOCC3)ccc2S(=O)(=O)c2cc(C3=NCCN3)ccc21.O=S(=O)(O)CCO. The molecule has 188 valence electrons. The molecule has 3 heterocycles. The molecule has 0 atom stereocenters. The zero-order valence-corrected chi connectivity index (χ0v) is 20.3. The molecule has 0 aliphatic carbocycles. The van der Waals surface area contributed by atoms with Crippen molar-refractivity contribution >= 4 is 37.3 Å². The molecule has 0 radical (unpaired) electrons. The summed E-state index contributed by atoms with van der Waals surface area (Å²) < 4.78 is 59.0. The second-order valence-electron chi connectivity index (χ2n) is 7.99. The molecule has 1 saturated heterocycles. The monoisotopic (exact) mass is 523 g/mol. The highest BCUT2D eigenvalue weighted by molar-refractivity contribution is 7.91. The number of aliphatic hydroxyl groups is 1. The normalized spacial score (nSPS) is 18.5. The van der Waals surface area contributed by atoms with Crippen LogP contribution in [0, 0.1) is 0 Å². The first-order valence-electron chi connectivity index (χ1n) is 10.9. The number of aliphatic imine (C=N–C) groups is 1. The second kappa shape index (κ2) is 10.0. The van der Waals surface area contributed by atoms with Crippen molar-refractivity contribution in [3.05, 3.63) is 53.1 Å². The Bertz CT molecular complexity index is 1380. The third kappa shape index (κ3) is 5.38. The Balaban J connectivity index is 0.000000364. The number of anilines is 1. The molecule has 0 spiro atoms. The van der Waals surface area contributed by atoms with Crippen molar-refractivity contribution in [3.8, 4) is 0 Å². The van der Waals surface area contributed by atoms with Crippen LogP contribution in [0.5, 0.6) is 0 Å². The Morgan fingerprint density at radius 3 is 2.40 bits per heavy atom. The minimum atomic E-state index is -3.92. The van der Waals surface area contributed by atoms with E-state index in [1.807, 2.05) is 0 Å². The number of morpholine rings is 1. The van der Waals surface area contributed by atoms with E-state index >= 15 is 0 Å². The average Bonchev–Trinajstić information content (AvgIpc) is 3.37. The highest BCUT2D eigenvalue weighted by Gasteiger charge is 2.36. The van der Waals surface area contributed by atoms with Crippen molar-refractivity contribution in [2.24, 2.45) is 4.99 Å². The molecule has 0 aromatic heterocycles. The summed E-state index contributed by atoms with van der Waals surface area (Å²) in [7, 11) is -7.70. The van der Waals surface area contributed by atoms with Gasteiger partial charge in [0.2, 0.25) is 9.84 Å². The Morgan fingerprint density at radius 1 is 1.06 bits per heavy atom. The van der Waals surface area contributed by atoms with E-state index in [1.165, 1.54) is 0 Å².